The Morgan fingerprint density at radius 1 is 1.29 bits per heavy atom. The van der Waals surface area contributed by atoms with Crippen molar-refractivity contribution in [3.8, 4) is 0 Å². The van der Waals surface area contributed by atoms with Crippen molar-refractivity contribution in [2.45, 2.75) is 25.5 Å². The molecule has 0 spiro atoms. The Kier molecular flexibility index (Phi) is 6.60. The van der Waals surface area contributed by atoms with E-state index >= 15 is 0 Å². The third kappa shape index (κ3) is 4.65. The number of hydrogen-bond donors (Lipinski definition) is 1. The molecule has 0 aliphatic carbocycles. The van der Waals surface area contributed by atoms with Crippen LogP contribution in [0.3, 0.4) is 0 Å². The van der Waals surface area contributed by atoms with Gasteiger partial charge >= 0.3 is 0 Å². The molecule has 1 N–H and O–H groups in total. The lowest BCUT2D eigenvalue weighted by Crippen LogP contribution is -2.25. The van der Waals surface area contributed by atoms with E-state index in [0.717, 1.165) is 31.7 Å². The molecular formula is C12H16Cl3NO. The zero-order chi connectivity index (χ0) is 11.4. The minimum atomic E-state index is 0. The van der Waals surface area contributed by atoms with Crippen molar-refractivity contribution in [1.82, 2.24) is 5.32 Å². The molecular weight excluding hydrogens is 280 g/mol. The van der Waals surface area contributed by atoms with Gasteiger partial charge in [-0.15, -0.1) is 12.4 Å². The number of rotatable bonds is 4. The normalized spacial score (nSPS) is 19.1. The van der Waals surface area contributed by atoms with Crippen molar-refractivity contribution in [1.29, 1.82) is 0 Å². The maximum absolute atomic E-state index is 5.94. The maximum Gasteiger partial charge on any atom is 0.0700 e. The molecule has 1 saturated heterocycles. The summed E-state index contributed by atoms with van der Waals surface area (Å²) in [6.07, 6.45) is 2.72. The highest BCUT2D eigenvalue weighted by molar-refractivity contribution is 6.42. The van der Waals surface area contributed by atoms with Crippen LogP contribution in [0.1, 0.15) is 18.4 Å². The predicted molar refractivity (Wildman–Crippen MR) is 74.4 cm³/mol. The molecule has 0 amide bonds. The Hall–Kier alpha value is 0.01000. The predicted octanol–water partition coefficient (Wildman–Crippen LogP) is 3.68. The van der Waals surface area contributed by atoms with Crippen molar-refractivity contribution >= 4 is 35.6 Å². The summed E-state index contributed by atoms with van der Waals surface area (Å²) >= 11 is 11.8. The summed E-state index contributed by atoms with van der Waals surface area (Å²) in [5, 5.41) is 4.57. The van der Waals surface area contributed by atoms with Crippen molar-refractivity contribution in [3.63, 3.8) is 0 Å². The van der Waals surface area contributed by atoms with Crippen LogP contribution in [0, 0.1) is 0 Å². The molecule has 1 fully saturated rings. The molecule has 96 valence electrons. The van der Waals surface area contributed by atoms with E-state index in [1.165, 1.54) is 6.42 Å². The van der Waals surface area contributed by atoms with Crippen LogP contribution in [0.4, 0.5) is 0 Å². The number of hydrogen-bond acceptors (Lipinski definition) is 2. The molecule has 1 unspecified atom stereocenters. The van der Waals surface area contributed by atoms with Crippen molar-refractivity contribution in [2.75, 3.05) is 13.2 Å². The Morgan fingerprint density at radius 2 is 2.12 bits per heavy atom. The molecule has 0 bridgehead atoms. The number of benzene rings is 1. The summed E-state index contributed by atoms with van der Waals surface area (Å²) in [4.78, 5) is 0. The first kappa shape index (κ1) is 15.1. The third-order valence-electron chi connectivity index (χ3n) is 2.71. The molecule has 0 aromatic heterocycles. The van der Waals surface area contributed by atoms with E-state index in [0.29, 0.717) is 16.1 Å². The Morgan fingerprint density at radius 3 is 2.76 bits per heavy atom. The fourth-order valence-electron chi connectivity index (χ4n) is 1.83. The molecule has 1 aliphatic rings. The van der Waals surface area contributed by atoms with Gasteiger partial charge in [-0.2, -0.15) is 0 Å². The van der Waals surface area contributed by atoms with Crippen LogP contribution in [-0.4, -0.2) is 19.3 Å². The van der Waals surface area contributed by atoms with Gasteiger partial charge in [-0.25, -0.2) is 0 Å². The van der Waals surface area contributed by atoms with Crippen LogP contribution in [0.2, 0.25) is 10.0 Å². The topological polar surface area (TPSA) is 21.3 Å². The van der Waals surface area contributed by atoms with Crippen molar-refractivity contribution in [2.24, 2.45) is 0 Å². The quantitative estimate of drug-likeness (QED) is 0.915. The van der Waals surface area contributed by atoms with Gasteiger partial charge in [0.1, 0.15) is 0 Å². The molecule has 1 aromatic carbocycles. The van der Waals surface area contributed by atoms with E-state index in [9.17, 15) is 0 Å². The lowest BCUT2D eigenvalue weighted by Gasteiger charge is -2.10. The standard InChI is InChI=1S/C12H15Cl2NO.ClH/c13-11-4-3-9(6-12(11)14)7-15-8-10-2-1-5-16-10;/h3-4,6,10,15H,1-2,5,7-8H2;1H. The molecule has 1 aromatic rings. The second kappa shape index (κ2) is 7.45. The van der Waals surface area contributed by atoms with Gasteiger partial charge < -0.3 is 10.1 Å². The molecule has 17 heavy (non-hydrogen) atoms. The van der Waals surface area contributed by atoms with Gasteiger partial charge in [0.25, 0.3) is 0 Å². The van der Waals surface area contributed by atoms with Crippen LogP contribution >= 0.6 is 35.6 Å². The Balaban J connectivity index is 0.00000144. The number of halogens is 3. The monoisotopic (exact) mass is 295 g/mol. The minimum absolute atomic E-state index is 0. The second-order valence-corrected chi connectivity index (χ2v) is 4.83. The molecule has 0 saturated carbocycles. The average molecular weight is 297 g/mol. The highest BCUT2D eigenvalue weighted by atomic mass is 35.5. The first-order valence-corrected chi connectivity index (χ1v) is 6.27. The van der Waals surface area contributed by atoms with Gasteiger partial charge in [0, 0.05) is 19.7 Å². The molecule has 1 heterocycles. The summed E-state index contributed by atoms with van der Waals surface area (Å²) in [5.74, 6) is 0. The second-order valence-electron chi connectivity index (χ2n) is 4.01. The maximum atomic E-state index is 5.94. The lowest BCUT2D eigenvalue weighted by atomic mass is 10.2. The SMILES string of the molecule is Cl.Clc1ccc(CNCC2CCCO2)cc1Cl. The molecule has 2 nitrogen and oxygen atoms in total. The van der Waals surface area contributed by atoms with E-state index in [4.69, 9.17) is 27.9 Å². The summed E-state index contributed by atoms with van der Waals surface area (Å²) in [6.45, 7) is 2.61. The molecule has 0 radical (unpaired) electrons. The third-order valence-corrected chi connectivity index (χ3v) is 3.45. The van der Waals surface area contributed by atoms with Gasteiger partial charge in [-0.3, -0.25) is 0 Å². The lowest BCUT2D eigenvalue weighted by molar-refractivity contribution is 0.110. The van der Waals surface area contributed by atoms with Crippen LogP contribution in [0.25, 0.3) is 0 Å². The van der Waals surface area contributed by atoms with Gasteiger partial charge in [0.2, 0.25) is 0 Å². The number of nitrogens with one attached hydrogen (secondary N) is 1. The Labute approximate surface area is 118 Å². The van der Waals surface area contributed by atoms with Gasteiger partial charge in [-0.1, -0.05) is 29.3 Å². The molecule has 1 atom stereocenters. The summed E-state index contributed by atoms with van der Waals surface area (Å²) < 4.78 is 5.52. The van der Waals surface area contributed by atoms with Crippen LogP contribution in [0.15, 0.2) is 18.2 Å². The fourth-order valence-corrected chi connectivity index (χ4v) is 2.15. The molecule has 2 rings (SSSR count). The Bertz CT molecular complexity index is 354. The van der Waals surface area contributed by atoms with Crippen LogP contribution in [0.5, 0.6) is 0 Å². The first-order chi connectivity index (χ1) is 7.75. The van der Waals surface area contributed by atoms with E-state index < -0.39 is 0 Å². The average Bonchev–Trinajstić information content (AvgIpc) is 2.76. The van der Waals surface area contributed by atoms with E-state index in [1.54, 1.807) is 0 Å². The minimum Gasteiger partial charge on any atom is -0.377 e. The van der Waals surface area contributed by atoms with Crippen LogP contribution < -0.4 is 5.32 Å². The van der Waals surface area contributed by atoms with Gasteiger partial charge in [0.15, 0.2) is 0 Å². The summed E-state index contributed by atoms with van der Waals surface area (Å²) in [7, 11) is 0. The van der Waals surface area contributed by atoms with Gasteiger partial charge in [-0.05, 0) is 30.5 Å². The zero-order valence-corrected chi connectivity index (χ0v) is 11.7. The fraction of sp³-hybridized carbons (Fsp3) is 0.500. The van der Waals surface area contributed by atoms with Crippen LogP contribution in [-0.2, 0) is 11.3 Å². The van der Waals surface area contributed by atoms with E-state index in [1.807, 2.05) is 18.2 Å². The zero-order valence-electron chi connectivity index (χ0n) is 9.42. The van der Waals surface area contributed by atoms with E-state index in [2.05, 4.69) is 5.32 Å². The molecule has 1 aliphatic heterocycles. The van der Waals surface area contributed by atoms with Crippen molar-refractivity contribution < 1.29 is 4.74 Å². The highest BCUT2D eigenvalue weighted by Crippen LogP contribution is 2.22. The first-order valence-electron chi connectivity index (χ1n) is 5.52. The number of ether oxygens (including phenoxy) is 1. The highest BCUT2D eigenvalue weighted by Gasteiger charge is 2.14. The summed E-state index contributed by atoms with van der Waals surface area (Å²) in [6, 6.07) is 5.70. The van der Waals surface area contributed by atoms with Crippen molar-refractivity contribution in [3.05, 3.63) is 33.8 Å². The summed E-state index contributed by atoms with van der Waals surface area (Å²) in [5.41, 5.74) is 1.15. The molecule has 5 heteroatoms. The smallest absolute Gasteiger partial charge is 0.0700 e. The largest absolute Gasteiger partial charge is 0.377 e. The van der Waals surface area contributed by atoms with E-state index in [-0.39, 0.29) is 12.4 Å². The van der Waals surface area contributed by atoms with Gasteiger partial charge in [0.05, 0.1) is 16.1 Å².